The lowest BCUT2D eigenvalue weighted by Crippen LogP contribution is -2.21. The van der Waals surface area contributed by atoms with Crippen molar-refractivity contribution in [3.8, 4) is 5.75 Å². The number of nitrogens with zero attached hydrogens (tertiary/aromatic N) is 1. The van der Waals surface area contributed by atoms with Gasteiger partial charge < -0.3 is 5.11 Å². The van der Waals surface area contributed by atoms with Gasteiger partial charge in [-0.15, -0.1) is 0 Å². The highest BCUT2D eigenvalue weighted by atomic mass is 16.3. The van der Waals surface area contributed by atoms with Gasteiger partial charge in [-0.25, -0.2) is 0 Å². The van der Waals surface area contributed by atoms with Gasteiger partial charge in [0.05, 0.1) is 5.69 Å². The zero-order valence-corrected chi connectivity index (χ0v) is 21.7. The Morgan fingerprint density at radius 1 is 0.853 bits per heavy atom. The van der Waals surface area contributed by atoms with Gasteiger partial charge in [-0.05, 0) is 59.4 Å². The molecule has 1 N–H and O–H groups in total. The maximum atomic E-state index is 11.5. The van der Waals surface area contributed by atoms with Gasteiger partial charge in [0.1, 0.15) is 5.75 Å². The summed E-state index contributed by atoms with van der Waals surface area (Å²) in [6, 6.07) is 21.3. The number of aliphatic imine (C=N–C) groups is 1. The number of para-hydroxylation sites is 1. The molecule has 1 fully saturated rings. The van der Waals surface area contributed by atoms with Crippen LogP contribution in [0, 0.1) is 6.92 Å². The van der Waals surface area contributed by atoms with Gasteiger partial charge in [0, 0.05) is 22.8 Å². The summed E-state index contributed by atoms with van der Waals surface area (Å²) in [7, 11) is 0. The van der Waals surface area contributed by atoms with E-state index >= 15 is 0 Å². The van der Waals surface area contributed by atoms with Crippen molar-refractivity contribution < 1.29 is 5.11 Å². The Bertz CT molecular complexity index is 1180. The second-order valence-electron chi connectivity index (χ2n) is 11.5. The van der Waals surface area contributed by atoms with Crippen LogP contribution >= 0.6 is 0 Å². The summed E-state index contributed by atoms with van der Waals surface area (Å²) in [4.78, 5) is 5.02. The van der Waals surface area contributed by atoms with E-state index in [2.05, 4.69) is 96.1 Å². The van der Waals surface area contributed by atoms with Gasteiger partial charge in [0.2, 0.25) is 0 Å². The van der Waals surface area contributed by atoms with Crippen molar-refractivity contribution in [1.29, 1.82) is 0 Å². The summed E-state index contributed by atoms with van der Waals surface area (Å²) in [5.74, 6) is 0.913. The minimum Gasteiger partial charge on any atom is -0.507 e. The molecule has 0 spiro atoms. The molecule has 3 aromatic rings. The third-order valence-corrected chi connectivity index (χ3v) is 7.57. The molecule has 3 aromatic carbocycles. The van der Waals surface area contributed by atoms with Crippen LogP contribution in [0.25, 0.3) is 0 Å². The first kappa shape index (κ1) is 24.3. The highest BCUT2D eigenvalue weighted by molar-refractivity contribution is 5.87. The first-order chi connectivity index (χ1) is 16.1. The second-order valence-corrected chi connectivity index (χ2v) is 11.5. The number of benzene rings is 3. The molecule has 1 aliphatic carbocycles. The third kappa shape index (κ3) is 4.82. The van der Waals surface area contributed by atoms with E-state index in [4.69, 9.17) is 4.99 Å². The maximum Gasteiger partial charge on any atom is 0.128 e. The Morgan fingerprint density at radius 2 is 1.53 bits per heavy atom. The molecule has 0 saturated heterocycles. The highest BCUT2D eigenvalue weighted by Crippen LogP contribution is 2.42. The molecule has 1 aliphatic rings. The Balaban J connectivity index is 1.84. The first-order valence-corrected chi connectivity index (χ1v) is 12.7. The largest absolute Gasteiger partial charge is 0.507 e. The predicted octanol–water partition coefficient (Wildman–Crippen LogP) is 8.73. The number of phenols is 1. The quantitative estimate of drug-likeness (QED) is 0.385. The fraction of sp³-hybridized carbons (Fsp3) is 0.406. The van der Waals surface area contributed by atoms with Crippen molar-refractivity contribution in [3.63, 3.8) is 0 Å². The summed E-state index contributed by atoms with van der Waals surface area (Å²) in [6.45, 7) is 13.2. The van der Waals surface area contributed by atoms with E-state index in [0.717, 1.165) is 16.8 Å². The molecule has 0 aromatic heterocycles. The van der Waals surface area contributed by atoms with Crippen LogP contribution in [0.3, 0.4) is 0 Å². The van der Waals surface area contributed by atoms with Crippen molar-refractivity contribution in [3.05, 3.63) is 94.0 Å². The van der Waals surface area contributed by atoms with Crippen molar-refractivity contribution in [2.45, 2.75) is 84.0 Å². The van der Waals surface area contributed by atoms with Gasteiger partial charge in [-0.1, -0.05) is 102 Å². The lowest BCUT2D eigenvalue weighted by molar-refractivity contribution is 0.450. The lowest BCUT2D eigenvalue weighted by atomic mass is 9.74. The molecular formula is C32H39NO. The molecular weight excluding hydrogens is 414 g/mol. The van der Waals surface area contributed by atoms with Crippen LogP contribution in [0.2, 0.25) is 0 Å². The molecule has 34 heavy (non-hydrogen) atoms. The smallest absolute Gasteiger partial charge is 0.128 e. The average molecular weight is 454 g/mol. The van der Waals surface area contributed by atoms with Crippen LogP contribution < -0.4 is 0 Å². The lowest BCUT2D eigenvalue weighted by Gasteiger charge is -2.30. The van der Waals surface area contributed by atoms with Crippen LogP contribution in [-0.4, -0.2) is 11.3 Å². The third-order valence-electron chi connectivity index (χ3n) is 7.57. The topological polar surface area (TPSA) is 32.6 Å². The molecule has 0 aliphatic heterocycles. The molecule has 0 unspecified atom stereocenters. The van der Waals surface area contributed by atoms with E-state index in [1.165, 1.54) is 47.9 Å². The number of phenolic OH excluding ortho intramolecular Hbond substituents is 1. The SMILES string of the molecule is Cc1cccc(C2CCCC2)c1N=Cc1cc(C(C)(C)C)cc(C(C)(C)c2ccccc2)c1O. The molecule has 0 radical (unpaired) electrons. The van der Waals surface area contributed by atoms with E-state index in [1.807, 2.05) is 12.3 Å². The number of rotatable bonds is 5. The van der Waals surface area contributed by atoms with Crippen LogP contribution in [0.4, 0.5) is 5.69 Å². The number of hydrogen-bond acceptors (Lipinski definition) is 2. The molecule has 1 saturated carbocycles. The highest BCUT2D eigenvalue weighted by Gasteiger charge is 2.29. The van der Waals surface area contributed by atoms with E-state index in [9.17, 15) is 5.11 Å². The molecule has 4 rings (SSSR count). The van der Waals surface area contributed by atoms with E-state index in [-0.39, 0.29) is 10.8 Å². The zero-order valence-electron chi connectivity index (χ0n) is 21.7. The molecule has 0 heterocycles. The van der Waals surface area contributed by atoms with E-state index in [1.54, 1.807) is 0 Å². The standard InChI is InChI=1S/C32H39NO/c1-22-13-12-18-27(23-14-10-11-15-23)29(22)33-21-24-19-26(31(2,3)4)20-28(30(24)34)32(5,6)25-16-8-7-9-17-25/h7-9,12-13,16-21,23,34H,10-11,14-15H2,1-6H3. The van der Waals surface area contributed by atoms with Crippen molar-refractivity contribution >= 4 is 11.9 Å². The van der Waals surface area contributed by atoms with Crippen molar-refractivity contribution in [2.24, 2.45) is 4.99 Å². The van der Waals surface area contributed by atoms with Crippen molar-refractivity contribution in [2.75, 3.05) is 0 Å². The fourth-order valence-electron chi connectivity index (χ4n) is 5.23. The van der Waals surface area contributed by atoms with Gasteiger partial charge in [0.25, 0.3) is 0 Å². The molecule has 0 amide bonds. The summed E-state index contributed by atoms with van der Waals surface area (Å²) in [5.41, 5.74) is 7.33. The predicted molar refractivity (Wildman–Crippen MR) is 145 cm³/mol. The molecule has 2 nitrogen and oxygen atoms in total. The summed E-state index contributed by atoms with van der Waals surface area (Å²) in [5, 5.41) is 11.5. The molecule has 0 atom stereocenters. The summed E-state index contributed by atoms with van der Waals surface area (Å²) >= 11 is 0. The minimum absolute atomic E-state index is 0.0462. The van der Waals surface area contributed by atoms with Gasteiger partial charge in [-0.2, -0.15) is 0 Å². The maximum absolute atomic E-state index is 11.5. The van der Waals surface area contributed by atoms with Crippen LogP contribution in [-0.2, 0) is 10.8 Å². The minimum atomic E-state index is -0.340. The zero-order chi connectivity index (χ0) is 24.5. The molecule has 0 bridgehead atoms. The van der Waals surface area contributed by atoms with Crippen molar-refractivity contribution in [1.82, 2.24) is 0 Å². The Labute approximate surface area is 205 Å². The Kier molecular flexibility index (Phi) is 6.71. The fourth-order valence-corrected chi connectivity index (χ4v) is 5.23. The Hall–Kier alpha value is -2.87. The number of aromatic hydroxyl groups is 1. The summed E-state index contributed by atoms with van der Waals surface area (Å²) < 4.78 is 0. The van der Waals surface area contributed by atoms with E-state index in [0.29, 0.717) is 11.7 Å². The van der Waals surface area contributed by atoms with Crippen LogP contribution in [0.5, 0.6) is 5.75 Å². The second kappa shape index (κ2) is 9.41. The molecule has 2 heteroatoms. The van der Waals surface area contributed by atoms with Crippen LogP contribution in [0.1, 0.15) is 99.6 Å². The van der Waals surface area contributed by atoms with Gasteiger partial charge in [0.15, 0.2) is 0 Å². The average Bonchev–Trinajstić information content (AvgIpc) is 3.33. The monoisotopic (exact) mass is 453 g/mol. The number of hydrogen-bond donors (Lipinski definition) is 1. The van der Waals surface area contributed by atoms with E-state index < -0.39 is 0 Å². The normalized spacial score (nSPS) is 15.4. The molecule has 178 valence electrons. The number of aryl methyl sites for hydroxylation is 1. The first-order valence-electron chi connectivity index (χ1n) is 12.7. The van der Waals surface area contributed by atoms with Gasteiger partial charge >= 0.3 is 0 Å². The van der Waals surface area contributed by atoms with Gasteiger partial charge in [-0.3, -0.25) is 4.99 Å². The van der Waals surface area contributed by atoms with Crippen LogP contribution in [0.15, 0.2) is 65.7 Å². The summed E-state index contributed by atoms with van der Waals surface area (Å²) in [6.07, 6.45) is 6.97. The Morgan fingerprint density at radius 3 is 2.18 bits per heavy atom.